The lowest BCUT2D eigenvalue weighted by molar-refractivity contribution is -0.118. The Morgan fingerprint density at radius 1 is 1.35 bits per heavy atom. The molecule has 1 aromatic heterocycles. The third-order valence-electron chi connectivity index (χ3n) is 2.26. The molecule has 0 unspecified atom stereocenters. The van der Waals surface area contributed by atoms with Crippen molar-refractivity contribution in [1.82, 2.24) is 15.5 Å². The first-order valence-electron chi connectivity index (χ1n) is 6.77. The zero-order valence-electron chi connectivity index (χ0n) is 12.8. The standard InChI is InChI=1S/C13H24N4OS2/c1-9(2)6-7-14-10(18)8-19-12-17-16-11(20-12)15-13(3,4)5/h9H,6-8H2,1-5H3,(H,14,18)(H,15,16). The van der Waals surface area contributed by atoms with E-state index in [1.165, 1.54) is 23.1 Å². The van der Waals surface area contributed by atoms with Crippen LogP contribution in [0.5, 0.6) is 0 Å². The maximum absolute atomic E-state index is 11.6. The van der Waals surface area contributed by atoms with E-state index in [1.54, 1.807) is 0 Å². The Kier molecular flexibility index (Phi) is 6.75. The van der Waals surface area contributed by atoms with Crippen LogP contribution in [0.3, 0.4) is 0 Å². The van der Waals surface area contributed by atoms with Gasteiger partial charge in [-0.25, -0.2) is 0 Å². The second-order valence-electron chi connectivity index (χ2n) is 6.07. The van der Waals surface area contributed by atoms with Crippen LogP contribution in [-0.4, -0.2) is 33.9 Å². The lowest BCUT2D eigenvalue weighted by atomic mass is 10.1. The summed E-state index contributed by atoms with van der Waals surface area (Å²) in [5.74, 6) is 1.05. The highest BCUT2D eigenvalue weighted by molar-refractivity contribution is 8.01. The normalized spacial score (nSPS) is 11.7. The maximum Gasteiger partial charge on any atom is 0.230 e. The Morgan fingerprint density at radius 3 is 2.65 bits per heavy atom. The van der Waals surface area contributed by atoms with Crippen LogP contribution >= 0.6 is 23.1 Å². The first-order chi connectivity index (χ1) is 9.26. The van der Waals surface area contributed by atoms with Gasteiger partial charge in [-0.05, 0) is 33.1 Å². The highest BCUT2D eigenvalue weighted by Crippen LogP contribution is 2.26. The third kappa shape index (κ3) is 7.69. The number of hydrogen-bond acceptors (Lipinski definition) is 6. The van der Waals surface area contributed by atoms with Crippen molar-refractivity contribution in [2.75, 3.05) is 17.6 Å². The summed E-state index contributed by atoms with van der Waals surface area (Å²) in [5, 5.41) is 15.1. The van der Waals surface area contributed by atoms with Crippen LogP contribution in [0, 0.1) is 5.92 Å². The molecule has 114 valence electrons. The molecule has 7 heteroatoms. The molecule has 0 bridgehead atoms. The highest BCUT2D eigenvalue weighted by atomic mass is 32.2. The highest BCUT2D eigenvalue weighted by Gasteiger charge is 2.13. The average molecular weight is 316 g/mol. The number of nitrogens with zero attached hydrogens (tertiary/aromatic N) is 2. The van der Waals surface area contributed by atoms with Crippen molar-refractivity contribution in [3.05, 3.63) is 0 Å². The van der Waals surface area contributed by atoms with E-state index in [2.05, 4.69) is 55.4 Å². The number of rotatable bonds is 7. The molecule has 1 heterocycles. The van der Waals surface area contributed by atoms with Gasteiger partial charge in [0.15, 0.2) is 4.34 Å². The molecule has 0 aliphatic carbocycles. The molecule has 0 fully saturated rings. The first-order valence-corrected chi connectivity index (χ1v) is 8.57. The number of carbonyl (C=O) groups excluding carboxylic acids is 1. The van der Waals surface area contributed by atoms with E-state index in [-0.39, 0.29) is 11.4 Å². The number of hydrogen-bond donors (Lipinski definition) is 2. The van der Waals surface area contributed by atoms with Gasteiger partial charge >= 0.3 is 0 Å². The van der Waals surface area contributed by atoms with Gasteiger partial charge < -0.3 is 10.6 Å². The lowest BCUT2D eigenvalue weighted by Crippen LogP contribution is -2.26. The number of amides is 1. The summed E-state index contributed by atoms with van der Waals surface area (Å²) >= 11 is 2.91. The Labute approximate surface area is 129 Å². The van der Waals surface area contributed by atoms with Gasteiger partial charge in [-0.1, -0.05) is 36.9 Å². The molecule has 0 saturated heterocycles. The summed E-state index contributed by atoms with van der Waals surface area (Å²) in [6.45, 7) is 11.2. The summed E-state index contributed by atoms with van der Waals surface area (Å²) in [7, 11) is 0. The predicted octanol–water partition coefficient (Wildman–Crippen LogP) is 3.00. The Hall–Kier alpha value is -0.820. The van der Waals surface area contributed by atoms with Crippen molar-refractivity contribution in [1.29, 1.82) is 0 Å². The number of nitrogens with one attached hydrogen (secondary N) is 2. The van der Waals surface area contributed by atoms with Crippen molar-refractivity contribution >= 4 is 34.1 Å². The minimum Gasteiger partial charge on any atom is -0.355 e. The molecule has 0 aliphatic rings. The van der Waals surface area contributed by atoms with Crippen molar-refractivity contribution in [3.8, 4) is 0 Å². The van der Waals surface area contributed by atoms with Gasteiger partial charge in [-0.3, -0.25) is 4.79 Å². The number of anilines is 1. The van der Waals surface area contributed by atoms with E-state index in [9.17, 15) is 4.79 Å². The van der Waals surface area contributed by atoms with Crippen molar-refractivity contribution in [3.63, 3.8) is 0 Å². The summed E-state index contributed by atoms with van der Waals surface area (Å²) < 4.78 is 0.816. The van der Waals surface area contributed by atoms with Gasteiger partial charge in [0.25, 0.3) is 0 Å². The molecule has 1 amide bonds. The fourth-order valence-electron chi connectivity index (χ4n) is 1.32. The Morgan fingerprint density at radius 2 is 2.05 bits per heavy atom. The van der Waals surface area contributed by atoms with Crippen LogP contribution in [0.2, 0.25) is 0 Å². The van der Waals surface area contributed by atoms with E-state index >= 15 is 0 Å². The Balaban J connectivity index is 2.30. The minimum absolute atomic E-state index is 0.0321. The summed E-state index contributed by atoms with van der Waals surface area (Å²) in [4.78, 5) is 11.6. The second-order valence-corrected chi connectivity index (χ2v) is 8.27. The molecule has 0 radical (unpaired) electrons. The minimum atomic E-state index is -0.0321. The van der Waals surface area contributed by atoms with Crippen molar-refractivity contribution < 1.29 is 4.79 Å². The van der Waals surface area contributed by atoms with Gasteiger partial charge in [0, 0.05) is 12.1 Å². The fourth-order valence-corrected chi connectivity index (χ4v) is 3.11. The van der Waals surface area contributed by atoms with E-state index in [1.807, 2.05) is 0 Å². The molecule has 0 aliphatic heterocycles. The second kappa shape index (κ2) is 7.83. The van der Waals surface area contributed by atoms with E-state index < -0.39 is 0 Å². The maximum atomic E-state index is 11.6. The van der Waals surface area contributed by atoms with Crippen LogP contribution in [-0.2, 0) is 4.79 Å². The average Bonchev–Trinajstić information content (AvgIpc) is 2.71. The molecule has 1 aromatic rings. The Bertz CT molecular complexity index is 426. The molecule has 2 N–H and O–H groups in total. The monoisotopic (exact) mass is 316 g/mol. The summed E-state index contributed by atoms with van der Waals surface area (Å²) in [6, 6.07) is 0. The van der Waals surface area contributed by atoms with Crippen molar-refractivity contribution in [2.45, 2.75) is 50.9 Å². The van der Waals surface area contributed by atoms with E-state index in [0.29, 0.717) is 11.7 Å². The van der Waals surface area contributed by atoms with Gasteiger partial charge in [0.05, 0.1) is 5.75 Å². The zero-order chi connectivity index (χ0) is 15.2. The number of thioether (sulfide) groups is 1. The molecule has 1 rings (SSSR count). The topological polar surface area (TPSA) is 66.9 Å². The number of carbonyl (C=O) groups is 1. The van der Waals surface area contributed by atoms with Crippen LogP contribution in [0.15, 0.2) is 4.34 Å². The molecular weight excluding hydrogens is 292 g/mol. The van der Waals surface area contributed by atoms with Gasteiger partial charge in [0.1, 0.15) is 0 Å². The summed E-state index contributed by atoms with van der Waals surface area (Å²) in [6.07, 6.45) is 1.01. The van der Waals surface area contributed by atoms with Crippen LogP contribution in [0.4, 0.5) is 5.13 Å². The summed E-state index contributed by atoms with van der Waals surface area (Å²) in [5.41, 5.74) is -0.0321. The van der Waals surface area contributed by atoms with E-state index in [0.717, 1.165) is 22.4 Å². The van der Waals surface area contributed by atoms with Crippen LogP contribution in [0.1, 0.15) is 41.0 Å². The zero-order valence-corrected chi connectivity index (χ0v) is 14.5. The van der Waals surface area contributed by atoms with Gasteiger partial charge in [0.2, 0.25) is 11.0 Å². The molecule has 0 saturated carbocycles. The van der Waals surface area contributed by atoms with Gasteiger partial charge in [-0.15, -0.1) is 10.2 Å². The molecule has 5 nitrogen and oxygen atoms in total. The third-order valence-corrected chi connectivity index (χ3v) is 4.23. The van der Waals surface area contributed by atoms with Gasteiger partial charge in [-0.2, -0.15) is 0 Å². The van der Waals surface area contributed by atoms with Crippen molar-refractivity contribution in [2.24, 2.45) is 5.92 Å². The van der Waals surface area contributed by atoms with E-state index in [4.69, 9.17) is 0 Å². The fraction of sp³-hybridized carbons (Fsp3) is 0.769. The van der Waals surface area contributed by atoms with Crippen LogP contribution in [0.25, 0.3) is 0 Å². The number of aromatic nitrogens is 2. The molecule has 20 heavy (non-hydrogen) atoms. The smallest absolute Gasteiger partial charge is 0.230 e. The molecule has 0 spiro atoms. The lowest BCUT2D eigenvalue weighted by Gasteiger charge is -2.18. The van der Waals surface area contributed by atoms with Crippen LogP contribution < -0.4 is 10.6 Å². The largest absolute Gasteiger partial charge is 0.355 e. The molecule has 0 aromatic carbocycles. The SMILES string of the molecule is CC(C)CCNC(=O)CSc1nnc(NC(C)(C)C)s1. The predicted molar refractivity (Wildman–Crippen MR) is 86.5 cm³/mol. The molecular formula is C13H24N4OS2. The molecule has 0 atom stereocenters. The quantitative estimate of drug-likeness (QED) is 0.757. The first kappa shape index (κ1) is 17.2.